The molecule has 7 nitrogen and oxygen atoms in total. The SMILES string of the molecule is CC(NC(=O)C1CC(=O)N(Cc2ccco2)C1)c1ccc(NC(=O)C2CC2)cc1. The van der Waals surface area contributed by atoms with Crippen LogP contribution >= 0.6 is 0 Å². The van der Waals surface area contributed by atoms with Crippen molar-refractivity contribution in [3.05, 3.63) is 54.0 Å². The van der Waals surface area contributed by atoms with Crippen LogP contribution in [0.15, 0.2) is 47.1 Å². The standard InChI is InChI=1S/C22H25N3O4/c1-14(15-6-8-18(9-7-15)24-21(27)16-4-5-16)23-22(28)17-11-20(26)25(12-17)13-19-3-2-10-29-19/h2-3,6-10,14,16-17H,4-5,11-13H2,1H3,(H,23,28)(H,24,27). The molecule has 0 radical (unpaired) electrons. The molecule has 1 aromatic heterocycles. The van der Waals surface area contributed by atoms with Gasteiger partial charge in [0.05, 0.1) is 24.8 Å². The van der Waals surface area contributed by atoms with Crippen LogP contribution in [0, 0.1) is 11.8 Å². The Kier molecular flexibility index (Phi) is 5.38. The van der Waals surface area contributed by atoms with E-state index in [2.05, 4.69) is 10.6 Å². The van der Waals surface area contributed by atoms with Crippen LogP contribution in [0.5, 0.6) is 0 Å². The van der Waals surface area contributed by atoms with Gasteiger partial charge in [-0.1, -0.05) is 12.1 Å². The lowest BCUT2D eigenvalue weighted by atomic mass is 10.0. The fourth-order valence-electron chi connectivity index (χ4n) is 3.55. The molecule has 2 atom stereocenters. The van der Waals surface area contributed by atoms with Crippen LogP contribution < -0.4 is 10.6 Å². The third-order valence-corrected chi connectivity index (χ3v) is 5.50. The second-order valence-corrected chi connectivity index (χ2v) is 7.87. The summed E-state index contributed by atoms with van der Waals surface area (Å²) in [6.07, 6.45) is 3.72. The van der Waals surface area contributed by atoms with Gasteiger partial charge in [0.2, 0.25) is 17.7 Å². The summed E-state index contributed by atoms with van der Waals surface area (Å²) < 4.78 is 5.29. The van der Waals surface area contributed by atoms with Crippen molar-refractivity contribution in [1.82, 2.24) is 10.2 Å². The quantitative estimate of drug-likeness (QED) is 0.754. The molecule has 152 valence electrons. The van der Waals surface area contributed by atoms with Gasteiger partial charge in [-0.05, 0) is 49.6 Å². The lowest BCUT2D eigenvalue weighted by Crippen LogP contribution is -2.34. The zero-order valence-corrected chi connectivity index (χ0v) is 16.4. The summed E-state index contributed by atoms with van der Waals surface area (Å²) >= 11 is 0. The molecule has 1 aromatic carbocycles. The molecular formula is C22H25N3O4. The summed E-state index contributed by atoms with van der Waals surface area (Å²) in [6, 6.07) is 10.9. The van der Waals surface area contributed by atoms with E-state index in [-0.39, 0.29) is 42.0 Å². The van der Waals surface area contributed by atoms with E-state index >= 15 is 0 Å². The number of benzene rings is 1. The predicted molar refractivity (Wildman–Crippen MR) is 107 cm³/mol. The molecular weight excluding hydrogens is 370 g/mol. The Bertz CT molecular complexity index is 887. The minimum atomic E-state index is -0.364. The van der Waals surface area contributed by atoms with Crippen LogP contribution in [0.3, 0.4) is 0 Å². The largest absolute Gasteiger partial charge is 0.467 e. The van der Waals surface area contributed by atoms with Crippen molar-refractivity contribution in [1.29, 1.82) is 0 Å². The minimum Gasteiger partial charge on any atom is -0.467 e. The second-order valence-electron chi connectivity index (χ2n) is 7.87. The molecule has 2 N–H and O–H groups in total. The van der Waals surface area contributed by atoms with E-state index in [0.717, 1.165) is 24.1 Å². The monoisotopic (exact) mass is 395 g/mol. The molecule has 1 saturated carbocycles. The number of nitrogens with one attached hydrogen (secondary N) is 2. The van der Waals surface area contributed by atoms with Gasteiger partial charge in [-0.15, -0.1) is 0 Å². The van der Waals surface area contributed by atoms with E-state index < -0.39 is 0 Å². The number of nitrogens with zero attached hydrogens (tertiary/aromatic N) is 1. The first-order valence-electron chi connectivity index (χ1n) is 10.0. The smallest absolute Gasteiger partial charge is 0.227 e. The van der Waals surface area contributed by atoms with Gasteiger partial charge in [0, 0.05) is 24.6 Å². The molecule has 2 heterocycles. The number of rotatable bonds is 7. The highest BCUT2D eigenvalue weighted by molar-refractivity contribution is 5.94. The Labute approximate surface area is 169 Å². The van der Waals surface area contributed by atoms with Gasteiger partial charge in [0.15, 0.2) is 0 Å². The fourth-order valence-corrected chi connectivity index (χ4v) is 3.55. The number of likely N-dealkylation sites (tertiary alicyclic amines) is 1. The highest BCUT2D eigenvalue weighted by atomic mass is 16.3. The number of furan rings is 1. The molecule has 1 aliphatic heterocycles. The predicted octanol–water partition coefficient (Wildman–Crippen LogP) is 2.85. The average molecular weight is 395 g/mol. The van der Waals surface area contributed by atoms with Crippen molar-refractivity contribution in [3.63, 3.8) is 0 Å². The molecule has 2 fully saturated rings. The van der Waals surface area contributed by atoms with Crippen LogP contribution in [0.2, 0.25) is 0 Å². The van der Waals surface area contributed by atoms with Gasteiger partial charge in [-0.3, -0.25) is 14.4 Å². The number of hydrogen-bond donors (Lipinski definition) is 2. The Morgan fingerprint density at radius 1 is 1.14 bits per heavy atom. The molecule has 3 amide bonds. The summed E-state index contributed by atoms with van der Waals surface area (Å²) in [6.45, 7) is 2.69. The average Bonchev–Trinajstić information content (AvgIpc) is 3.32. The normalized spacial score (nSPS) is 19.8. The summed E-state index contributed by atoms with van der Waals surface area (Å²) in [5.41, 5.74) is 1.71. The Balaban J connectivity index is 1.29. The topological polar surface area (TPSA) is 91.7 Å². The van der Waals surface area contributed by atoms with E-state index in [9.17, 15) is 14.4 Å². The molecule has 0 bridgehead atoms. The van der Waals surface area contributed by atoms with Crippen molar-refractivity contribution < 1.29 is 18.8 Å². The molecule has 2 aromatic rings. The van der Waals surface area contributed by atoms with Crippen molar-refractivity contribution in [2.24, 2.45) is 11.8 Å². The lowest BCUT2D eigenvalue weighted by Gasteiger charge is -2.18. The van der Waals surface area contributed by atoms with E-state index in [1.165, 1.54) is 0 Å². The maximum atomic E-state index is 12.6. The molecule has 1 saturated heterocycles. The van der Waals surface area contributed by atoms with E-state index in [1.54, 1.807) is 17.2 Å². The van der Waals surface area contributed by atoms with Gasteiger partial charge in [0.25, 0.3) is 0 Å². The zero-order valence-electron chi connectivity index (χ0n) is 16.4. The summed E-state index contributed by atoms with van der Waals surface area (Å²) in [5.74, 6) is 0.418. The number of anilines is 1. The van der Waals surface area contributed by atoms with Crippen molar-refractivity contribution >= 4 is 23.4 Å². The molecule has 7 heteroatoms. The fraction of sp³-hybridized carbons (Fsp3) is 0.409. The van der Waals surface area contributed by atoms with E-state index in [0.29, 0.717) is 18.8 Å². The third-order valence-electron chi connectivity index (χ3n) is 5.50. The molecule has 4 rings (SSSR count). The van der Waals surface area contributed by atoms with Gasteiger partial charge >= 0.3 is 0 Å². The van der Waals surface area contributed by atoms with Crippen molar-refractivity contribution in [3.8, 4) is 0 Å². The van der Waals surface area contributed by atoms with Crippen LogP contribution in [-0.4, -0.2) is 29.2 Å². The first-order chi connectivity index (χ1) is 14.0. The maximum Gasteiger partial charge on any atom is 0.227 e. The molecule has 29 heavy (non-hydrogen) atoms. The summed E-state index contributed by atoms with van der Waals surface area (Å²) in [7, 11) is 0. The Hall–Kier alpha value is -3.09. The van der Waals surface area contributed by atoms with Crippen molar-refractivity contribution in [2.75, 3.05) is 11.9 Å². The first-order valence-corrected chi connectivity index (χ1v) is 10.0. The zero-order chi connectivity index (χ0) is 20.4. The number of carbonyl (C=O) groups excluding carboxylic acids is 3. The molecule has 2 aliphatic rings. The van der Waals surface area contributed by atoms with Crippen molar-refractivity contribution in [2.45, 2.75) is 38.8 Å². The highest BCUT2D eigenvalue weighted by Gasteiger charge is 2.35. The van der Waals surface area contributed by atoms with Gasteiger partial charge in [-0.25, -0.2) is 0 Å². The van der Waals surface area contributed by atoms with E-state index in [1.807, 2.05) is 37.3 Å². The number of carbonyl (C=O) groups is 3. The highest BCUT2D eigenvalue weighted by Crippen LogP contribution is 2.30. The number of amides is 3. The van der Waals surface area contributed by atoms with Gasteiger partial charge in [-0.2, -0.15) is 0 Å². The van der Waals surface area contributed by atoms with E-state index in [4.69, 9.17) is 4.42 Å². The maximum absolute atomic E-state index is 12.6. The van der Waals surface area contributed by atoms with Crippen LogP contribution in [-0.2, 0) is 20.9 Å². The summed E-state index contributed by atoms with van der Waals surface area (Å²) in [5, 5.41) is 5.90. The van der Waals surface area contributed by atoms with Gasteiger partial charge in [0.1, 0.15) is 5.76 Å². The third kappa shape index (κ3) is 4.67. The minimum absolute atomic E-state index is 0.0371. The second kappa shape index (κ2) is 8.11. The molecule has 2 unspecified atom stereocenters. The molecule has 1 aliphatic carbocycles. The molecule has 0 spiro atoms. The van der Waals surface area contributed by atoms with Gasteiger partial charge < -0.3 is 20.0 Å². The lowest BCUT2D eigenvalue weighted by molar-refractivity contribution is -0.129. The first kappa shape index (κ1) is 19.2. The Morgan fingerprint density at radius 3 is 2.55 bits per heavy atom. The van der Waals surface area contributed by atoms with Crippen LogP contribution in [0.1, 0.15) is 43.6 Å². The Morgan fingerprint density at radius 2 is 1.90 bits per heavy atom. The summed E-state index contributed by atoms with van der Waals surface area (Å²) in [4.78, 5) is 38.4. The van der Waals surface area contributed by atoms with Crippen LogP contribution in [0.25, 0.3) is 0 Å². The van der Waals surface area contributed by atoms with Crippen LogP contribution in [0.4, 0.5) is 5.69 Å². The number of hydrogen-bond acceptors (Lipinski definition) is 4.